The number of aliphatic carboxylic acids is 1. The fraction of sp³-hybridized carbons (Fsp3) is 0.0909. The fourth-order valence-electron chi connectivity index (χ4n) is 3.22. The fourth-order valence-corrected chi connectivity index (χ4v) is 4.91. The molecule has 0 radical (unpaired) electrons. The van der Waals surface area contributed by atoms with Crippen LogP contribution in [0.2, 0.25) is 10.0 Å². The molecule has 2 N–H and O–H groups in total. The third kappa shape index (κ3) is 4.44. The first kappa shape index (κ1) is 21.4. The van der Waals surface area contributed by atoms with Gasteiger partial charge in [-0.3, -0.25) is 19.7 Å². The molecular formula is C22H15Cl2FN2O3S. The van der Waals surface area contributed by atoms with E-state index >= 15 is 0 Å². The van der Waals surface area contributed by atoms with Crippen molar-refractivity contribution in [2.75, 3.05) is 5.43 Å². The molecular weight excluding hydrogens is 462 g/mol. The van der Waals surface area contributed by atoms with E-state index in [1.807, 2.05) is 0 Å². The number of carbonyl (C=O) groups excluding carboxylic acids is 1. The number of carbonyl (C=O) groups is 2. The first-order chi connectivity index (χ1) is 14.8. The summed E-state index contributed by atoms with van der Waals surface area (Å²) in [5.41, 5.74) is 4.66. The van der Waals surface area contributed by atoms with E-state index in [2.05, 4.69) is 5.43 Å². The Bertz CT molecular complexity index is 1300. The Morgan fingerprint density at radius 1 is 1.06 bits per heavy atom. The summed E-state index contributed by atoms with van der Waals surface area (Å²) in [4.78, 5) is 24.5. The van der Waals surface area contributed by atoms with Crippen molar-refractivity contribution in [3.8, 4) is 11.3 Å². The molecule has 158 valence electrons. The molecule has 2 aromatic heterocycles. The van der Waals surface area contributed by atoms with E-state index in [0.717, 1.165) is 10.1 Å². The highest BCUT2D eigenvalue weighted by molar-refractivity contribution is 7.21. The molecule has 0 unspecified atom stereocenters. The number of hydrogen-bond acceptors (Lipinski definition) is 3. The van der Waals surface area contributed by atoms with Crippen molar-refractivity contribution >= 4 is 56.5 Å². The van der Waals surface area contributed by atoms with Crippen LogP contribution in [-0.4, -0.2) is 21.7 Å². The van der Waals surface area contributed by atoms with Crippen molar-refractivity contribution in [1.82, 2.24) is 4.68 Å². The summed E-state index contributed by atoms with van der Waals surface area (Å²) in [6, 6.07) is 14.5. The van der Waals surface area contributed by atoms with Gasteiger partial charge in [0.1, 0.15) is 10.7 Å². The number of aromatic nitrogens is 1. The largest absolute Gasteiger partial charge is 0.481 e. The highest BCUT2D eigenvalue weighted by atomic mass is 35.5. The molecule has 2 heterocycles. The third-order valence-corrected chi connectivity index (χ3v) is 6.60. The molecule has 0 fully saturated rings. The Labute approximate surface area is 190 Å². The maximum Gasteiger partial charge on any atom is 0.303 e. The van der Waals surface area contributed by atoms with E-state index in [-0.39, 0.29) is 18.7 Å². The van der Waals surface area contributed by atoms with Gasteiger partial charge in [-0.05, 0) is 48.5 Å². The van der Waals surface area contributed by atoms with Crippen LogP contribution in [0, 0.1) is 5.82 Å². The van der Waals surface area contributed by atoms with Gasteiger partial charge in [-0.15, -0.1) is 11.3 Å². The zero-order chi connectivity index (χ0) is 22.1. The Morgan fingerprint density at radius 2 is 1.81 bits per heavy atom. The maximum atomic E-state index is 13.4. The number of nitrogens with one attached hydrogen (secondary N) is 1. The van der Waals surface area contributed by atoms with E-state index in [1.165, 1.54) is 28.1 Å². The number of carboxylic acid groups (broad SMARTS) is 1. The second kappa shape index (κ2) is 8.70. The number of nitrogens with zero attached hydrogens (tertiary/aromatic N) is 1. The predicted octanol–water partition coefficient (Wildman–Crippen LogP) is 6.22. The van der Waals surface area contributed by atoms with Gasteiger partial charge in [-0.2, -0.15) is 0 Å². The van der Waals surface area contributed by atoms with E-state index in [4.69, 9.17) is 28.3 Å². The average molecular weight is 477 g/mol. The third-order valence-electron chi connectivity index (χ3n) is 4.71. The minimum atomic E-state index is -0.952. The summed E-state index contributed by atoms with van der Waals surface area (Å²) in [5.74, 6) is -1.78. The van der Waals surface area contributed by atoms with Crippen LogP contribution in [0.4, 0.5) is 4.39 Å². The normalized spacial score (nSPS) is 11.1. The number of halogens is 3. The number of hydrogen-bond donors (Lipinski definition) is 2. The van der Waals surface area contributed by atoms with Crippen LogP contribution >= 0.6 is 34.5 Å². The van der Waals surface area contributed by atoms with E-state index in [0.29, 0.717) is 31.9 Å². The van der Waals surface area contributed by atoms with Crippen LogP contribution < -0.4 is 5.43 Å². The molecule has 0 saturated carbocycles. The molecule has 4 aromatic rings. The Kier molecular flexibility index (Phi) is 6.00. The monoisotopic (exact) mass is 476 g/mol. The molecule has 9 heteroatoms. The number of benzene rings is 2. The number of amides is 1. The number of rotatable bonds is 6. The molecule has 0 aliphatic rings. The van der Waals surface area contributed by atoms with Crippen molar-refractivity contribution in [2.45, 2.75) is 12.8 Å². The predicted molar refractivity (Wildman–Crippen MR) is 121 cm³/mol. The molecule has 4 rings (SSSR count). The lowest BCUT2D eigenvalue weighted by molar-refractivity contribution is -0.136. The van der Waals surface area contributed by atoms with Crippen molar-refractivity contribution in [1.29, 1.82) is 0 Å². The molecule has 5 nitrogen and oxygen atoms in total. The van der Waals surface area contributed by atoms with Crippen molar-refractivity contribution < 1.29 is 19.1 Å². The second-order valence-corrected chi connectivity index (χ2v) is 8.64. The highest BCUT2D eigenvalue weighted by Crippen LogP contribution is 2.37. The summed E-state index contributed by atoms with van der Waals surface area (Å²) in [7, 11) is 0. The molecule has 0 spiro atoms. The van der Waals surface area contributed by atoms with Crippen molar-refractivity contribution in [3.05, 3.63) is 81.0 Å². The molecule has 0 aliphatic carbocycles. The molecule has 31 heavy (non-hydrogen) atoms. The summed E-state index contributed by atoms with van der Waals surface area (Å²) in [5, 5.41) is 10.6. The molecule has 0 atom stereocenters. The molecule has 0 bridgehead atoms. The van der Waals surface area contributed by atoms with Crippen LogP contribution in [0.5, 0.6) is 0 Å². The number of fused-ring (bicyclic) bond motifs is 1. The molecule has 2 aromatic carbocycles. The number of carboxylic acids is 1. The van der Waals surface area contributed by atoms with E-state index < -0.39 is 11.9 Å². The first-order valence-electron chi connectivity index (χ1n) is 9.21. The Hall–Kier alpha value is -2.87. The SMILES string of the molecule is O=C(O)CCc1ccc(-c2ccc(F)cc2)n1NC(=O)c1sc2cc(Cl)ccc2c1Cl. The zero-order valence-electron chi connectivity index (χ0n) is 15.9. The van der Waals surface area contributed by atoms with Gasteiger partial charge in [0, 0.05) is 32.8 Å². The lowest BCUT2D eigenvalue weighted by Crippen LogP contribution is -2.25. The Balaban J connectivity index is 1.72. The van der Waals surface area contributed by atoms with Gasteiger partial charge < -0.3 is 5.11 Å². The van der Waals surface area contributed by atoms with Crippen LogP contribution in [-0.2, 0) is 11.2 Å². The first-order valence-corrected chi connectivity index (χ1v) is 10.8. The average Bonchev–Trinajstić information content (AvgIpc) is 3.27. The van der Waals surface area contributed by atoms with Crippen LogP contribution in [0.3, 0.4) is 0 Å². The lowest BCUT2D eigenvalue weighted by Gasteiger charge is -2.14. The molecule has 1 amide bonds. The molecule has 0 aliphatic heterocycles. The number of thiophene rings is 1. The highest BCUT2D eigenvalue weighted by Gasteiger charge is 2.20. The topological polar surface area (TPSA) is 71.3 Å². The minimum absolute atomic E-state index is 0.106. The van der Waals surface area contributed by atoms with Gasteiger partial charge >= 0.3 is 5.97 Å². The summed E-state index contributed by atoms with van der Waals surface area (Å²) in [6.45, 7) is 0. The summed E-state index contributed by atoms with van der Waals surface area (Å²) in [6.07, 6.45) is 0.0947. The van der Waals surface area contributed by atoms with Gasteiger partial charge in [-0.25, -0.2) is 4.39 Å². The molecule has 0 saturated heterocycles. The lowest BCUT2D eigenvalue weighted by atomic mass is 10.1. The van der Waals surface area contributed by atoms with E-state index in [9.17, 15) is 14.0 Å². The van der Waals surface area contributed by atoms with Gasteiger partial charge in [0.05, 0.1) is 17.1 Å². The summed E-state index contributed by atoms with van der Waals surface area (Å²) < 4.78 is 15.7. The van der Waals surface area contributed by atoms with Crippen molar-refractivity contribution in [3.63, 3.8) is 0 Å². The van der Waals surface area contributed by atoms with Gasteiger partial charge in [0.25, 0.3) is 5.91 Å². The van der Waals surface area contributed by atoms with Crippen LogP contribution in [0.15, 0.2) is 54.6 Å². The standard InChI is InChI=1S/C22H15Cl2FN2O3S/c23-13-3-8-16-18(11-13)31-21(20(16)24)22(30)26-27-15(7-10-19(28)29)6-9-17(27)12-1-4-14(25)5-2-12/h1-6,8-9,11H,7,10H2,(H,26,30)(H,28,29). The van der Waals surface area contributed by atoms with Crippen molar-refractivity contribution in [2.24, 2.45) is 0 Å². The van der Waals surface area contributed by atoms with Crippen LogP contribution in [0.25, 0.3) is 21.3 Å². The smallest absolute Gasteiger partial charge is 0.303 e. The quantitative estimate of drug-likeness (QED) is 0.347. The van der Waals surface area contributed by atoms with Gasteiger partial charge in [0.15, 0.2) is 0 Å². The Morgan fingerprint density at radius 3 is 2.52 bits per heavy atom. The van der Waals surface area contributed by atoms with E-state index in [1.54, 1.807) is 42.5 Å². The minimum Gasteiger partial charge on any atom is -0.481 e. The van der Waals surface area contributed by atoms with Crippen LogP contribution in [0.1, 0.15) is 21.8 Å². The van der Waals surface area contributed by atoms with Gasteiger partial charge in [-0.1, -0.05) is 29.3 Å². The zero-order valence-corrected chi connectivity index (χ0v) is 18.2. The second-order valence-electron chi connectivity index (χ2n) is 6.77. The van der Waals surface area contributed by atoms with Gasteiger partial charge in [0.2, 0.25) is 0 Å². The number of aryl methyl sites for hydroxylation is 1. The summed E-state index contributed by atoms with van der Waals surface area (Å²) >= 11 is 13.7. The maximum absolute atomic E-state index is 13.4.